The van der Waals surface area contributed by atoms with Crippen LogP contribution in [0.4, 0.5) is 5.69 Å². The van der Waals surface area contributed by atoms with Crippen molar-refractivity contribution in [2.24, 2.45) is 17.8 Å². The Morgan fingerprint density at radius 2 is 2.00 bits per heavy atom. The molecule has 2 aromatic carbocycles. The lowest BCUT2D eigenvalue weighted by Crippen LogP contribution is -2.44. The molecule has 40 heavy (non-hydrogen) atoms. The molecule has 1 saturated carbocycles. The summed E-state index contributed by atoms with van der Waals surface area (Å²) in [6.07, 6.45) is 8.14. The molecule has 2 N–H and O–H groups in total. The van der Waals surface area contributed by atoms with E-state index < -0.39 is 17.5 Å². The van der Waals surface area contributed by atoms with E-state index >= 15 is 0 Å². The standard InChI is InChI=1S/C32H41ClN2O4S/c1-4-6-22-15-26(33)11-13-27(22)25-18-35-17-24-9-12-28(24)30(36)8-5-7-20(2)21(3)40(38)34-32(37)23-10-14-31(39-19-25)29(35)16-23/h5,8,10-11,13-16,20-21,24-25,28,30,36H,4,6-7,9,12,17-19H2,1-3H3,(H,34,37)/b8-5+. The predicted octanol–water partition coefficient (Wildman–Crippen LogP) is 6.04. The van der Waals surface area contributed by atoms with Crippen LogP contribution in [0.25, 0.3) is 0 Å². The zero-order chi connectivity index (χ0) is 28.4. The van der Waals surface area contributed by atoms with Crippen LogP contribution in [-0.2, 0) is 17.8 Å². The number of aliphatic hydroxyl groups excluding tert-OH is 1. The van der Waals surface area contributed by atoms with Gasteiger partial charge in [0.15, 0.2) is 0 Å². The van der Waals surface area contributed by atoms with Gasteiger partial charge in [-0.05, 0) is 85.9 Å². The number of aryl methyl sites for hydroxylation is 1. The van der Waals surface area contributed by atoms with Crippen molar-refractivity contribution in [2.75, 3.05) is 24.6 Å². The average molecular weight is 585 g/mol. The fraction of sp³-hybridized carbons (Fsp3) is 0.531. The third-order valence-electron chi connectivity index (χ3n) is 9.05. The molecule has 216 valence electrons. The van der Waals surface area contributed by atoms with E-state index in [0.717, 1.165) is 55.2 Å². The summed E-state index contributed by atoms with van der Waals surface area (Å²) in [6.45, 7) is 8.11. The molecule has 7 unspecified atom stereocenters. The molecule has 6 nitrogen and oxygen atoms in total. The Morgan fingerprint density at radius 1 is 1.18 bits per heavy atom. The second-order valence-corrected chi connectivity index (χ2v) is 13.7. The molecule has 0 radical (unpaired) electrons. The van der Waals surface area contributed by atoms with Crippen LogP contribution in [0.5, 0.6) is 5.75 Å². The lowest BCUT2D eigenvalue weighted by Gasteiger charge is -2.42. The molecule has 2 aromatic rings. The highest BCUT2D eigenvalue weighted by Crippen LogP contribution is 2.42. The Hall–Kier alpha value is -2.19. The van der Waals surface area contributed by atoms with Crippen molar-refractivity contribution in [3.63, 3.8) is 0 Å². The lowest BCUT2D eigenvalue weighted by atomic mass is 9.70. The van der Waals surface area contributed by atoms with Gasteiger partial charge in [-0.3, -0.25) is 4.79 Å². The van der Waals surface area contributed by atoms with E-state index in [4.69, 9.17) is 16.3 Å². The summed E-state index contributed by atoms with van der Waals surface area (Å²) >= 11 is 4.84. The van der Waals surface area contributed by atoms with Gasteiger partial charge in [0.05, 0.1) is 29.8 Å². The van der Waals surface area contributed by atoms with Crippen LogP contribution in [0, 0.1) is 17.8 Å². The van der Waals surface area contributed by atoms with Crippen LogP contribution in [-0.4, -0.2) is 46.6 Å². The number of anilines is 1. The van der Waals surface area contributed by atoms with Gasteiger partial charge in [-0.1, -0.05) is 50.1 Å². The molecule has 0 saturated heterocycles. The van der Waals surface area contributed by atoms with Crippen molar-refractivity contribution in [3.05, 3.63) is 70.3 Å². The number of benzene rings is 2. The van der Waals surface area contributed by atoms with E-state index in [2.05, 4.69) is 28.7 Å². The number of hydrogen-bond acceptors (Lipinski definition) is 5. The molecule has 2 aliphatic heterocycles. The van der Waals surface area contributed by atoms with Gasteiger partial charge in [0, 0.05) is 35.5 Å². The third-order valence-corrected chi connectivity index (χ3v) is 10.8. The highest BCUT2D eigenvalue weighted by atomic mass is 35.5. The summed E-state index contributed by atoms with van der Waals surface area (Å²) in [5, 5.41) is 11.6. The van der Waals surface area contributed by atoms with E-state index in [-0.39, 0.29) is 28.9 Å². The second-order valence-electron chi connectivity index (χ2n) is 11.8. The van der Waals surface area contributed by atoms with Gasteiger partial charge in [-0.25, -0.2) is 0 Å². The predicted molar refractivity (Wildman–Crippen MR) is 163 cm³/mol. The highest BCUT2D eigenvalue weighted by Gasteiger charge is 2.38. The van der Waals surface area contributed by atoms with Crippen LogP contribution in [0.2, 0.25) is 5.02 Å². The summed E-state index contributed by atoms with van der Waals surface area (Å²) in [6, 6.07) is 11.7. The first-order chi connectivity index (χ1) is 19.2. The number of amides is 1. The molecule has 2 heterocycles. The molecular formula is C32H41ClN2O4S. The molecule has 0 aromatic heterocycles. The topological polar surface area (TPSA) is 84.9 Å². The van der Waals surface area contributed by atoms with Crippen LogP contribution in [0.15, 0.2) is 48.6 Å². The van der Waals surface area contributed by atoms with Crippen LogP contribution in [0.3, 0.4) is 0 Å². The van der Waals surface area contributed by atoms with Crippen molar-refractivity contribution in [1.29, 1.82) is 0 Å². The largest absolute Gasteiger partial charge is 0.593 e. The van der Waals surface area contributed by atoms with E-state index in [1.807, 2.05) is 44.2 Å². The van der Waals surface area contributed by atoms with Crippen molar-refractivity contribution in [3.8, 4) is 5.75 Å². The van der Waals surface area contributed by atoms with E-state index in [0.29, 0.717) is 24.5 Å². The van der Waals surface area contributed by atoms with Crippen molar-refractivity contribution < 1.29 is 19.2 Å². The molecule has 1 aliphatic carbocycles. The number of halogens is 1. The number of fused-ring (bicyclic) bond motifs is 2. The Morgan fingerprint density at radius 3 is 2.75 bits per heavy atom. The van der Waals surface area contributed by atoms with Crippen LogP contribution < -0.4 is 14.4 Å². The summed E-state index contributed by atoms with van der Waals surface area (Å²) < 4.78 is 22.1. The molecule has 3 aliphatic rings. The highest BCUT2D eigenvalue weighted by molar-refractivity contribution is 7.90. The minimum Gasteiger partial charge on any atom is -0.593 e. The number of nitrogens with one attached hydrogen (secondary N) is 1. The number of allylic oxidation sites excluding steroid dienone is 1. The Kier molecular flexibility index (Phi) is 9.35. The van der Waals surface area contributed by atoms with Crippen LogP contribution in [0.1, 0.15) is 73.9 Å². The normalized spacial score (nSPS) is 31.7. The van der Waals surface area contributed by atoms with E-state index in [1.54, 1.807) is 6.07 Å². The molecule has 1 amide bonds. The number of nitrogens with zero attached hydrogens (tertiary/aromatic N) is 1. The zero-order valence-corrected chi connectivity index (χ0v) is 25.2. The summed E-state index contributed by atoms with van der Waals surface area (Å²) in [7, 11) is 0. The Bertz CT molecular complexity index is 1240. The van der Waals surface area contributed by atoms with Gasteiger partial charge in [0.2, 0.25) is 0 Å². The van der Waals surface area contributed by atoms with Crippen molar-refractivity contribution in [1.82, 2.24) is 4.72 Å². The van der Waals surface area contributed by atoms with Crippen molar-refractivity contribution >= 4 is 34.6 Å². The minimum atomic E-state index is -1.53. The number of ether oxygens (including phenoxy) is 1. The van der Waals surface area contributed by atoms with E-state index in [1.165, 1.54) is 11.1 Å². The fourth-order valence-corrected chi connectivity index (χ4v) is 7.44. The van der Waals surface area contributed by atoms with Gasteiger partial charge < -0.3 is 19.3 Å². The Balaban J connectivity index is 1.52. The maximum Gasteiger partial charge on any atom is 0.292 e. The quantitative estimate of drug-likeness (QED) is 0.339. The molecule has 2 bridgehead atoms. The lowest BCUT2D eigenvalue weighted by molar-refractivity contribution is 0.0461. The van der Waals surface area contributed by atoms with E-state index in [9.17, 15) is 14.5 Å². The first-order valence-corrected chi connectivity index (χ1v) is 16.2. The first kappa shape index (κ1) is 29.3. The van der Waals surface area contributed by atoms with Gasteiger partial charge in [-0.15, -0.1) is 0 Å². The number of hydrogen-bond donors (Lipinski definition) is 2. The summed E-state index contributed by atoms with van der Waals surface area (Å²) in [5.41, 5.74) is 3.83. The maximum atomic E-state index is 13.2. The molecule has 8 heteroatoms. The maximum absolute atomic E-state index is 13.2. The first-order valence-electron chi connectivity index (χ1n) is 14.6. The SMILES string of the molecule is CCCc1cc(Cl)ccc1C1COc2ccc3cc2N(C1)CC1CCC1C(O)/C=C/CC(C)C(C)[S+]([O-])NC3=O. The zero-order valence-electron chi connectivity index (χ0n) is 23.6. The number of rotatable bonds is 3. The summed E-state index contributed by atoms with van der Waals surface area (Å²) in [4.78, 5) is 15.6. The van der Waals surface area contributed by atoms with Crippen molar-refractivity contribution in [2.45, 2.75) is 70.1 Å². The second kappa shape index (κ2) is 12.8. The van der Waals surface area contributed by atoms with Gasteiger partial charge in [0.1, 0.15) is 11.0 Å². The van der Waals surface area contributed by atoms with Gasteiger partial charge in [0.25, 0.3) is 5.91 Å². The number of carbonyl (C=O) groups is 1. The monoisotopic (exact) mass is 584 g/mol. The van der Waals surface area contributed by atoms with Gasteiger partial charge in [-0.2, -0.15) is 4.72 Å². The minimum absolute atomic E-state index is 0.0908. The molecule has 1 fully saturated rings. The summed E-state index contributed by atoms with van der Waals surface area (Å²) in [5.74, 6) is 1.13. The molecular weight excluding hydrogens is 544 g/mol. The molecule has 0 spiro atoms. The number of aliphatic hydroxyl groups is 1. The fourth-order valence-electron chi connectivity index (χ4n) is 6.23. The molecule has 7 atom stereocenters. The molecule has 5 rings (SSSR count). The number of carbonyl (C=O) groups excluding carboxylic acids is 1. The average Bonchev–Trinajstić information content (AvgIpc) is 3.09. The van der Waals surface area contributed by atoms with Crippen LogP contribution >= 0.6 is 11.6 Å². The third kappa shape index (κ3) is 6.33. The smallest absolute Gasteiger partial charge is 0.292 e. The Labute approximate surface area is 246 Å². The van der Waals surface area contributed by atoms with Gasteiger partial charge >= 0.3 is 0 Å².